The lowest BCUT2D eigenvalue weighted by Gasteiger charge is -2.20. The molecule has 5 nitrogen and oxygen atoms in total. The first-order valence-corrected chi connectivity index (χ1v) is 6.52. The molecule has 0 saturated carbocycles. The van der Waals surface area contributed by atoms with Crippen LogP contribution in [0.4, 0.5) is 0 Å². The topological polar surface area (TPSA) is 59.6 Å². The molecule has 1 aromatic rings. The number of fused-ring (bicyclic) bond motifs is 1. The van der Waals surface area contributed by atoms with E-state index in [0.29, 0.717) is 36.3 Å². The fourth-order valence-corrected chi connectivity index (χ4v) is 2.13. The van der Waals surface area contributed by atoms with Gasteiger partial charge in [0.15, 0.2) is 11.5 Å². The van der Waals surface area contributed by atoms with Crippen molar-refractivity contribution in [2.75, 3.05) is 20.3 Å². The van der Waals surface area contributed by atoms with Gasteiger partial charge in [-0.3, -0.25) is 4.79 Å². The molecule has 0 bridgehead atoms. The van der Waals surface area contributed by atoms with Crippen LogP contribution in [-0.4, -0.2) is 32.2 Å². The number of nitrogens with one attached hydrogen (secondary N) is 2. The predicted octanol–water partition coefficient (Wildman–Crippen LogP) is 1.34. The summed E-state index contributed by atoms with van der Waals surface area (Å²) in [5, 5.41) is 6.24. The van der Waals surface area contributed by atoms with E-state index in [1.54, 1.807) is 14.0 Å². The van der Waals surface area contributed by atoms with E-state index in [-0.39, 0.29) is 11.9 Å². The second kappa shape index (κ2) is 6.12. The standard InChI is InChI=1S/C13H17ClN2O3/c1-8(13(17)15-2)16-7-9-5-10(14)12-11(6-9)18-3-4-19-12/h5-6,8,16H,3-4,7H2,1-2H3,(H,15,17). The molecule has 1 amide bonds. The van der Waals surface area contributed by atoms with Crippen LogP contribution in [0, 0.1) is 0 Å². The van der Waals surface area contributed by atoms with Crippen LogP contribution in [0.3, 0.4) is 0 Å². The summed E-state index contributed by atoms with van der Waals surface area (Å²) in [6.45, 7) is 3.37. The van der Waals surface area contributed by atoms with Gasteiger partial charge in [-0.1, -0.05) is 11.6 Å². The number of halogens is 1. The number of hydrogen-bond acceptors (Lipinski definition) is 4. The van der Waals surface area contributed by atoms with Crippen molar-refractivity contribution in [1.29, 1.82) is 0 Å². The highest BCUT2D eigenvalue weighted by Crippen LogP contribution is 2.38. The molecule has 2 rings (SSSR count). The number of ether oxygens (including phenoxy) is 2. The van der Waals surface area contributed by atoms with E-state index in [9.17, 15) is 4.79 Å². The maximum absolute atomic E-state index is 11.4. The first kappa shape index (κ1) is 14.0. The molecule has 6 heteroatoms. The van der Waals surface area contributed by atoms with Crippen LogP contribution in [-0.2, 0) is 11.3 Å². The summed E-state index contributed by atoms with van der Waals surface area (Å²) in [7, 11) is 1.61. The lowest BCUT2D eigenvalue weighted by atomic mass is 10.1. The molecule has 1 aliphatic heterocycles. The van der Waals surface area contributed by atoms with Gasteiger partial charge in [0.05, 0.1) is 11.1 Å². The van der Waals surface area contributed by atoms with Crippen LogP contribution >= 0.6 is 11.6 Å². The minimum absolute atomic E-state index is 0.0522. The predicted molar refractivity (Wildman–Crippen MR) is 72.8 cm³/mol. The van der Waals surface area contributed by atoms with Crippen molar-refractivity contribution in [3.05, 3.63) is 22.7 Å². The summed E-state index contributed by atoms with van der Waals surface area (Å²) in [6.07, 6.45) is 0. The number of likely N-dealkylation sites (N-methyl/N-ethyl adjacent to an activating group) is 1. The van der Waals surface area contributed by atoms with E-state index >= 15 is 0 Å². The zero-order chi connectivity index (χ0) is 13.8. The number of rotatable bonds is 4. The Kier molecular flexibility index (Phi) is 4.50. The van der Waals surface area contributed by atoms with Crippen molar-refractivity contribution in [2.45, 2.75) is 19.5 Å². The Morgan fingerprint density at radius 2 is 2.16 bits per heavy atom. The molecule has 1 aliphatic rings. The van der Waals surface area contributed by atoms with E-state index in [1.807, 2.05) is 12.1 Å². The highest BCUT2D eigenvalue weighted by Gasteiger charge is 2.17. The Morgan fingerprint density at radius 1 is 1.42 bits per heavy atom. The smallest absolute Gasteiger partial charge is 0.236 e. The van der Waals surface area contributed by atoms with Gasteiger partial charge in [0.25, 0.3) is 0 Å². The zero-order valence-electron chi connectivity index (χ0n) is 11.0. The van der Waals surface area contributed by atoms with Gasteiger partial charge in [-0.2, -0.15) is 0 Å². The quantitative estimate of drug-likeness (QED) is 0.876. The van der Waals surface area contributed by atoms with Crippen molar-refractivity contribution in [3.8, 4) is 11.5 Å². The molecule has 0 radical (unpaired) electrons. The number of carbonyl (C=O) groups is 1. The highest BCUT2D eigenvalue weighted by molar-refractivity contribution is 6.32. The molecule has 104 valence electrons. The minimum Gasteiger partial charge on any atom is -0.486 e. The monoisotopic (exact) mass is 284 g/mol. The molecular formula is C13H17ClN2O3. The molecule has 1 atom stereocenters. The van der Waals surface area contributed by atoms with Gasteiger partial charge >= 0.3 is 0 Å². The van der Waals surface area contributed by atoms with Crippen LogP contribution in [0.15, 0.2) is 12.1 Å². The third kappa shape index (κ3) is 3.30. The third-order valence-electron chi connectivity index (χ3n) is 2.91. The fraction of sp³-hybridized carbons (Fsp3) is 0.462. The zero-order valence-corrected chi connectivity index (χ0v) is 11.7. The minimum atomic E-state index is -0.267. The molecule has 2 N–H and O–H groups in total. The van der Waals surface area contributed by atoms with Gasteiger partial charge in [0, 0.05) is 13.6 Å². The molecule has 0 saturated heterocycles. The Morgan fingerprint density at radius 3 is 2.89 bits per heavy atom. The van der Waals surface area contributed by atoms with Gasteiger partial charge in [0.1, 0.15) is 13.2 Å². The summed E-state index contributed by atoms with van der Waals surface area (Å²) < 4.78 is 11.0. The van der Waals surface area contributed by atoms with Crippen molar-refractivity contribution in [2.24, 2.45) is 0 Å². The Labute approximate surface area is 117 Å². The van der Waals surface area contributed by atoms with Gasteiger partial charge in [-0.05, 0) is 24.6 Å². The lowest BCUT2D eigenvalue weighted by Crippen LogP contribution is -2.40. The number of carbonyl (C=O) groups excluding carboxylic acids is 1. The van der Waals surface area contributed by atoms with Crippen LogP contribution in [0.1, 0.15) is 12.5 Å². The lowest BCUT2D eigenvalue weighted by molar-refractivity contribution is -0.122. The van der Waals surface area contributed by atoms with Crippen molar-refractivity contribution < 1.29 is 14.3 Å². The van der Waals surface area contributed by atoms with E-state index in [2.05, 4.69) is 10.6 Å². The number of benzene rings is 1. The maximum Gasteiger partial charge on any atom is 0.236 e. The van der Waals surface area contributed by atoms with Crippen LogP contribution in [0.5, 0.6) is 11.5 Å². The van der Waals surface area contributed by atoms with Crippen LogP contribution in [0.25, 0.3) is 0 Å². The third-order valence-corrected chi connectivity index (χ3v) is 3.19. The summed E-state index contributed by atoms with van der Waals surface area (Å²) in [4.78, 5) is 11.4. The Hall–Kier alpha value is -1.46. The molecule has 19 heavy (non-hydrogen) atoms. The normalized spacial score (nSPS) is 14.9. The number of amides is 1. The van der Waals surface area contributed by atoms with E-state index in [0.717, 1.165) is 5.56 Å². The molecular weight excluding hydrogens is 268 g/mol. The summed E-state index contributed by atoms with van der Waals surface area (Å²) >= 11 is 6.14. The second-order valence-corrected chi connectivity index (χ2v) is 4.73. The maximum atomic E-state index is 11.4. The van der Waals surface area contributed by atoms with E-state index in [1.165, 1.54) is 0 Å². The molecule has 0 fully saturated rings. The first-order valence-electron chi connectivity index (χ1n) is 6.15. The fourth-order valence-electron chi connectivity index (χ4n) is 1.85. The average molecular weight is 285 g/mol. The van der Waals surface area contributed by atoms with Gasteiger partial charge in [0.2, 0.25) is 5.91 Å². The van der Waals surface area contributed by atoms with Crippen LogP contribution in [0.2, 0.25) is 5.02 Å². The molecule has 0 aliphatic carbocycles. The molecule has 0 aromatic heterocycles. The van der Waals surface area contributed by atoms with Gasteiger partial charge in [-0.15, -0.1) is 0 Å². The Balaban J connectivity index is 2.05. The summed E-state index contributed by atoms with van der Waals surface area (Å²) in [5.74, 6) is 1.20. The van der Waals surface area contributed by atoms with Gasteiger partial charge < -0.3 is 20.1 Å². The summed E-state index contributed by atoms with van der Waals surface area (Å²) in [5.41, 5.74) is 0.949. The molecule has 0 spiro atoms. The van der Waals surface area contributed by atoms with Crippen molar-refractivity contribution in [1.82, 2.24) is 10.6 Å². The highest BCUT2D eigenvalue weighted by atomic mass is 35.5. The van der Waals surface area contributed by atoms with Crippen molar-refractivity contribution in [3.63, 3.8) is 0 Å². The van der Waals surface area contributed by atoms with E-state index < -0.39 is 0 Å². The molecule has 1 aromatic carbocycles. The first-order chi connectivity index (χ1) is 9.11. The molecule has 1 heterocycles. The summed E-state index contributed by atoms with van der Waals surface area (Å²) in [6, 6.07) is 3.43. The largest absolute Gasteiger partial charge is 0.486 e. The SMILES string of the molecule is CNC(=O)C(C)NCc1cc(Cl)c2c(c1)OCCO2. The van der Waals surface area contributed by atoms with E-state index in [4.69, 9.17) is 21.1 Å². The Bertz CT molecular complexity index is 479. The van der Waals surface area contributed by atoms with Crippen LogP contribution < -0.4 is 20.1 Å². The number of hydrogen-bond donors (Lipinski definition) is 2. The van der Waals surface area contributed by atoms with Crippen molar-refractivity contribution >= 4 is 17.5 Å². The second-order valence-electron chi connectivity index (χ2n) is 4.32. The molecule has 1 unspecified atom stereocenters. The van der Waals surface area contributed by atoms with Gasteiger partial charge in [-0.25, -0.2) is 0 Å². The average Bonchev–Trinajstić information content (AvgIpc) is 2.44.